The maximum Gasteiger partial charge on any atom is 0.252 e. The van der Waals surface area contributed by atoms with Gasteiger partial charge in [0.25, 0.3) is 5.91 Å². The highest BCUT2D eigenvalue weighted by Crippen LogP contribution is 2.42. The van der Waals surface area contributed by atoms with Crippen LogP contribution in [0.1, 0.15) is 65.1 Å². The van der Waals surface area contributed by atoms with Crippen molar-refractivity contribution < 1.29 is 9.53 Å². The van der Waals surface area contributed by atoms with E-state index in [2.05, 4.69) is 5.32 Å². The van der Waals surface area contributed by atoms with Crippen LogP contribution >= 0.6 is 57.7 Å². The number of aromatic nitrogens is 1. The maximum absolute atomic E-state index is 14.3. The Labute approximate surface area is 271 Å². The number of nitrogens with one attached hydrogen (secondary N) is 1. The van der Waals surface area contributed by atoms with Gasteiger partial charge in [0, 0.05) is 42.9 Å². The first kappa shape index (κ1) is 30.2. The molecular weight excluding hydrogens is 632 g/mol. The second kappa shape index (κ2) is 12.7. The van der Waals surface area contributed by atoms with Gasteiger partial charge in [0.05, 0.1) is 36.6 Å². The van der Waals surface area contributed by atoms with Gasteiger partial charge in [-0.2, -0.15) is 0 Å². The summed E-state index contributed by atoms with van der Waals surface area (Å²) < 4.78 is 5.98. The van der Waals surface area contributed by atoms with Crippen LogP contribution in [0.15, 0.2) is 36.0 Å². The lowest BCUT2D eigenvalue weighted by Gasteiger charge is -2.31. The zero-order valence-corrected chi connectivity index (χ0v) is 27.5. The lowest BCUT2D eigenvalue weighted by molar-refractivity contribution is -0.128. The van der Waals surface area contributed by atoms with E-state index in [1.54, 1.807) is 17.4 Å². The summed E-state index contributed by atoms with van der Waals surface area (Å²) in [6, 6.07) is 8.20. The van der Waals surface area contributed by atoms with Crippen molar-refractivity contribution in [1.82, 2.24) is 15.2 Å². The number of rotatable bonds is 10. The number of carbonyl (C=O) groups is 1. The normalized spacial score (nSPS) is 19.9. The Morgan fingerprint density at radius 3 is 2.69 bits per heavy atom. The van der Waals surface area contributed by atoms with Crippen LogP contribution in [0.25, 0.3) is 5.57 Å². The minimum atomic E-state index is 0.0637. The predicted octanol–water partition coefficient (Wildman–Crippen LogP) is 8.85. The van der Waals surface area contributed by atoms with Crippen LogP contribution in [0, 0.1) is 13.8 Å². The summed E-state index contributed by atoms with van der Waals surface area (Å²) in [7, 11) is 0. The zero-order chi connectivity index (χ0) is 29.5. The fourth-order valence-corrected chi connectivity index (χ4v) is 8.03. The van der Waals surface area contributed by atoms with Gasteiger partial charge < -0.3 is 15.0 Å². The van der Waals surface area contributed by atoms with Crippen molar-refractivity contribution >= 4 is 69.2 Å². The molecule has 3 aliphatic rings. The number of aryl methyl sites for hydroxylation is 2. The van der Waals surface area contributed by atoms with Crippen LogP contribution in [0.5, 0.6) is 5.75 Å². The number of amides is 1. The molecule has 3 aromatic rings. The van der Waals surface area contributed by atoms with E-state index in [9.17, 15) is 4.79 Å². The molecule has 2 aliphatic heterocycles. The Balaban J connectivity index is 1.19. The fourth-order valence-electron chi connectivity index (χ4n) is 5.95. The van der Waals surface area contributed by atoms with Crippen molar-refractivity contribution in [3.63, 3.8) is 0 Å². The monoisotopic (exact) mass is 663 g/mol. The van der Waals surface area contributed by atoms with Gasteiger partial charge in [-0.05, 0) is 86.8 Å². The van der Waals surface area contributed by atoms with E-state index in [4.69, 9.17) is 56.1 Å². The number of hydrogen-bond acceptors (Lipinski definition) is 5. The van der Waals surface area contributed by atoms with Crippen molar-refractivity contribution in [2.75, 3.05) is 6.61 Å². The van der Waals surface area contributed by atoms with Gasteiger partial charge in [-0.3, -0.25) is 4.79 Å². The molecule has 2 aromatic carbocycles. The van der Waals surface area contributed by atoms with E-state index in [0.717, 1.165) is 82.7 Å². The molecule has 1 N–H and O–H groups in total. The SMILES string of the molecule is Cc1cc(Cl)c(OCCCc2ncc(C3=C(C(=O)N(Cc4cccc(Cl)c4Cl)C4CC4)C4CC[C@@H](C3)N4)s2)c(Cl)c1C. The average Bonchev–Trinajstić information content (AvgIpc) is 3.58. The summed E-state index contributed by atoms with van der Waals surface area (Å²) in [5.41, 5.74) is 4.94. The molecule has 5 nitrogen and oxygen atoms in total. The van der Waals surface area contributed by atoms with Crippen molar-refractivity contribution in [2.24, 2.45) is 0 Å². The number of hydrogen-bond donors (Lipinski definition) is 1. The summed E-state index contributed by atoms with van der Waals surface area (Å²) in [6.07, 6.45) is 8.40. The Kier molecular flexibility index (Phi) is 9.12. The van der Waals surface area contributed by atoms with Crippen molar-refractivity contribution in [3.05, 3.63) is 82.7 Å². The van der Waals surface area contributed by atoms with Crippen molar-refractivity contribution in [2.45, 2.75) is 83.5 Å². The van der Waals surface area contributed by atoms with E-state index >= 15 is 0 Å². The first-order valence-corrected chi connectivity index (χ1v) is 16.8. The molecule has 222 valence electrons. The van der Waals surface area contributed by atoms with Gasteiger partial charge in [0.15, 0.2) is 5.75 Å². The largest absolute Gasteiger partial charge is 0.490 e. The van der Waals surface area contributed by atoms with E-state index in [1.807, 2.05) is 43.1 Å². The first-order chi connectivity index (χ1) is 20.2. The molecule has 2 fully saturated rings. The Morgan fingerprint density at radius 2 is 1.90 bits per heavy atom. The number of halogens is 4. The smallest absolute Gasteiger partial charge is 0.252 e. The van der Waals surface area contributed by atoms with Crippen LogP contribution in [0.4, 0.5) is 0 Å². The number of ether oxygens (including phenoxy) is 1. The molecule has 1 saturated carbocycles. The van der Waals surface area contributed by atoms with Gasteiger partial charge in [0.1, 0.15) is 0 Å². The number of benzene rings is 2. The van der Waals surface area contributed by atoms with Crippen LogP contribution in [0.2, 0.25) is 20.1 Å². The van der Waals surface area contributed by atoms with E-state index in [-0.39, 0.29) is 18.0 Å². The molecule has 3 heterocycles. The molecule has 2 bridgehead atoms. The summed E-state index contributed by atoms with van der Waals surface area (Å²) >= 11 is 27.4. The second-order valence-electron chi connectivity index (χ2n) is 11.5. The van der Waals surface area contributed by atoms with Crippen molar-refractivity contribution in [3.8, 4) is 5.75 Å². The Hall–Kier alpha value is -1.80. The highest BCUT2D eigenvalue weighted by atomic mass is 35.5. The molecule has 42 heavy (non-hydrogen) atoms. The van der Waals surface area contributed by atoms with Gasteiger partial charge >= 0.3 is 0 Å². The average molecular weight is 666 g/mol. The highest BCUT2D eigenvalue weighted by Gasteiger charge is 2.42. The zero-order valence-electron chi connectivity index (χ0n) is 23.6. The third kappa shape index (κ3) is 6.22. The molecule has 0 radical (unpaired) electrons. The van der Waals surface area contributed by atoms with Gasteiger partial charge in [-0.15, -0.1) is 11.3 Å². The lowest BCUT2D eigenvalue weighted by atomic mass is 9.93. The third-order valence-electron chi connectivity index (χ3n) is 8.53. The Bertz CT molecular complexity index is 1550. The standard InChI is InChI=1S/C32H33Cl4N3O2S/c1-17-13-24(34)31(29(35)18(17)2)41-12-4-7-27-37-15-26(42-27)22-14-20-8-11-25(38-20)28(22)32(40)39(21-9-10-21)16-19-5-3-6-23(33)30(19)36/h3,5-6,13,15,20-21,25,38H,4,7-12,14,16H2,1-2H3/t20-,25?/m0/s1. The molecule has 1 aliphatic carbocycles. The molecular formula is C32H33Cl4N3O2S. The number of fused-ring (bicyclic) bond motifs is 2. The highest BCUT2D eigenvalue weighted by molar-refractivity contribution is 7.12. The predicted molar refractivity (Wildman–Crippen MR) is 173 cm³/mol. The second-order valence-corrected chi connectivity index (χ2v) is 14.2. The van der Waals surface area contributed by atoms with E-state index in [1.165, 1.54) is 0 Å². The lowest BCUT2D eigenvalue weighted by Crippen LogP contribution is -2.44. The molecule has 2 atom stereocenters. The summed E-state index contributed by atoms with van der Waals surface area (Å²) in [5.74, 6) is 0.644. The summed E-state index contributed by atoms with van der Waals surface area (Å²) in [4.78, 5) is 22.1. The molecule has 1 saturated heterocycles. The van der Waals surface area contributed by atoms with Crippen LogP contribution < -0.4 is 10.1 Å². The minimum absolute atomic E-state index is 0.0637. The van der Waals surface area contributed by atoms with Crippen molar-refractivity contribution in [1.29, 1.82) is 0 Å². The Morgan fingerprint density at radius 1 is 1.10 bits per heavy atom. The van der Waals surface area contributed by atoms with E-state index < -0.39 is 0 Å². The molecule has 1 amide bonds. The number of carbonyl (C=O) groups excluding carboxylic acids is 1. The topological polar surface area (TPSA) is 54.5 Å². The molecule has 1 aromatic heterocycles. The van der Waals surface area contributed by atoms with E-state index in [0.29, 0.717) is 45.0 Å². The van der Waals surface area contributed by atoms with Gasteiger partial charge in [0.2, 0.25) is 0 Å². The van der Waals surface area contributed by atoms with Gasteiger partial charge in [-0.25, -0.2) is 4.98 Å². The van der Waals surface area contributed by atoms with Gasteiger partial charge in [-0.1, -0.05) is 58.5 Å². The molecule has 6 rings (SSSR count). The van der Waals surface area contributed by atoms with Crippen LogP contribution in [-0.2, 0) is 17.8 Å². The molecule has 10 heteroatoms. The first-order valence-electron chi connectivity index (χ1n) is 14.5. The third-order valence-corrected chi connectivity index (χ3v) is 11.2. The minimum Gasteiger partial charge on any atom is -0.490 e. The molecule has 0 spiro atoms. The molecule has 1 unspecified atom stereocenters. The van der Waals surface area contributed by atoms with Crippen LogP contribution in [-0.4, -0.2) is 40.5 Å². The summed E-state index contributed by atoms with van der Waals surface area (Å²) in [6.45, 7) is 4.89. The number of nitrogens with zero attached hydrogens (tertiary/aromatic N) is 2. The quantitative estimate of drug-likeness (QED) is 0.220. The number of thiazole rings is 1. The fraction of sp³-hybridized carbons (Fsp3) is 0.438. The summed E-state index contributed by atoms with van der Waals surface area (Å²) in [5, 5.41) is 6.85. The van der Waals surface area contributed by atoms with Crippen LogP contribution in [0.3, 0.4) is 0 Å². The maximum atomic E-state index is 14.3.